The standard InChI is InChI=1S/C27H25N7O2/c35-25(17-34-11-13-36-14-12-34)30-23-7-3-1-5-20(23)27-31-24-8-4-2-6-21(24)26(32-27)29-19-9-10-22-18(15-19)16-28-33-22/h1-10,15-16H,11-14,17H2,(H,28,33)(H,30,35)(H,29,31,32). The van der Waals surface area contributed by atoms with Crippen molar-refractivity contribution in [3.63, 3.8) is 0 Å². The number of benzene rings is 3. The van der Waals surface area contributed by atoms with Crippen molar-refractivity contribution in [2.45, 2.75) is 0 Å². The van der Waals surface area contributed by atoms with Gasteiger partial charge < -0.3 is 15.4 Å². The number of nitrogens with zero attached hydrogens (tertiary/aromatic N) is 4. The number of amides is 1. The molecule has 1 fully saturated rings. The molecule has 1 aliphatic rings. The number of hydrogen-bond donors (Lipinski definition) is 3. The normalized spacial score (nSPS) is 14.2. The van der Waals surface area contributed by atoms with E-state index in [0.29, 0.717) is 37.1 Å². The monoisotopic (exact) mass is 479 g/mol. The largest absolute Gasteiger partial charge is 0.379 e. The summed E-state index contributed by atoms with van der Waals surface area (Å²) in [5, 5.41) is 15.5. The number of hydrogen-bond acceptors (Lipinski definition) is 7. The Kier molecular flexibility index (Phi) is 5.98. The highest BCUT2D eigenvalue weighted by molar-refractivity contribution is 5.98. The molecular weight excluding hydrogens is 454 g/mol. The molecule has 0 aliphatic carbocycles. The van der Waals surface area contributed by atoms with Gasteiger partial charge in [0, 0.05) is 35.1 Å². The van der Waals surface area contributed by atoms with Crippen molar-refractivity contribution in [1.82, 2.24) is 25.1 Å². The minimum absolute atomic E-state index is 0.0723. The minimum Gasteiger partial charge on any atom is -0.379 e. The third-order valence-electron chi connectivity index (χ3n) is 6.22. The smallest absolute Gasteiger partial charge is 0.238 e. The fourth-order valence-electron chi connectivity index (χ4n) is 4.39. The average molecular weight is 480 g/mol. The van der Waals surface area contributed by atoms with Gasteiger partial charge in [-0.2, -0.15) is 5.10 Å². The number of anilines is 3. The van der Waals surface area contributed by atoms with Gasteiger partial charge in [-0.3, -0.25) is 14.8 Å². The zero-order valence-corrected chi connectivity index (χ0v) is 19.6. The molecule has 180 valence electrons. The van der Waals surface area contributed by atoms with Crippen LogP contribution in [0.2, 0.25) is 0 Å². The van der Waals surface area contributed by atoms with E-state index in [4.69, 9.17) is 14.7 Å². The zero-order chi connectivity index (χ0) is 24.3. The molecule has 0 bridgehead atoms. The lowest BCUT2D eigenvalue weighted by Gasteiger charge is -2.26. The van der Waals surface area contributed by atoms with Gasteiger partial charge in [0.1, 0.15) is 5.82 Å². The van der Waals surface area contributed by atoms with E-state index >= 15 is 0 Å². The van der Waals surface area contributed by atoms with E-state index in [9.17, 15) is 4.79 Å². The van der Waals surface area contributed by atoms with Crippen LogP contribution in [0.15, 0.2) is 72.9 Å². The van der Waals surface area contributed by atoms with E-state index in [1.807, 2.05) is 66.7 Å². The third kappa shape index (κ3) is 4.61. The quantitative estimate of drug-likeness (QED) is 0.335. The number of aromatic nitrogens is 4. The minimum atomic E-state index is -0.0723. The molecular formula is C27H25N7O2. The van der Waals surface area contributed by atoms with Crippen molar-refractivity contribution in [2.24, 2.45) is 0 Å². The first kappa shape index (κ1) is 22.1. The van der Waals surface area contributed by atoms with Gasteiger partial charge in [-0.1, -0.05) is 24.3 Å². The number of rotatable bonds is 6. The van der Waals surface area contributed by atoms with E-state index < -0.39 is 0 Å². The number of H-pyrrole nitrogens is 1. The van der Waals surface area contributed by atoms with Gasteiger partial charge in [0.15, 0.2) is 5.82 Å². The molecule has 3 heterocycles. The number of ether oxygens (including phenoxy) is 1. The lowest BCUT2D eigenvalue weighted by molar-refractivity contribution is -0.118. The first-order valence-electron chi connectivity index (χ1n) is 11.9. The Morgan fingerprint density at radius 2 is 1.83 bits per heavy atom. The van der Waals surface area contributed by atoms with Crippen LogP contribution in [0.25, 0.3) is 33.2 Å². The highest BCUT2D eigenvalue weighted by Gasteiger charge is 2.17. The Balaban J connectivity index is 1.34. The summed E-state index contributed by atoms with van der Waals surface area (Å²) in [5.41, 5.74) is 4.11. The Labute approximate surface area is 207 Å². The summed E-state index contributed by atoms with van der Waals surface area (Å²) in [6, 6.07) is 21.5. The molecule has 3 N–H and O–H groups in total. The Bertz CT molecular complexity index is 1540. The summed E-state index contributed by atoms with van der Waals surface area (Å²) in [7, 11) is 0. The van der Waals surface area contributed by atoms with Crippen LogP contribution in [-0.4, -0.2) is 63.8 Å². The molecule has 1 amide bonds. The summed E-state index contributed by atoms with van der Waals surface area (Å²) in [5.74, 6) is 1.15. The maximum atomic E-state index is 12.8. The summed E-state index contributed by atoms with van der Waals surface area (Å²) >= 11 is 0. The van der Waals surface area contributed by atoms with Gasteiger partial charge >= 0.3 is 0 Å². The zero-order valence-electron chi connectivity index (χ0n) is 19.6. The molecule has 9 heteroatoms. The molecule has 6 rings (SSSR count). The van der Waals surface area contributed by atoms with Gasteiger partial charge in [-0.05, 0) is 42.5 Å². The molecule has 1 saturated heterocycles. The number of morpholine rings is 1. The number of carbonyl (C=O) groups is 1. The van der Waals surface area contributed by atoms with Gasteiger partial charge in [-0.25, -0.2) is 9.97 Å². The maximum Gasteiger partial charge on any atom is 0.238 e. The first-order valence-corrected chi connectivity index (χ1v) is 11.9. The van der Waals surface area contributed by atoms with Crippen LogP contribution in [0, 0.1) is 0 Å². The van der Waals surface area contributed by atoms with Crippen LogP contribution >= 0.6 is 0 Å². The Morgan fingerprint density at radius 3 is 2.75 bits per heavy atom. The summed E-state index contributed by atoms with van der Waals surface area (Å²) < 4.78 is 5.38. The molecule has 0 unspecified atom stereocenters. The lowest BCUT2D eigenvalue weighted by atomic mass is 10.1. The maximum absolute atomic E-state index is 12.8. The van der Waals surface area contributed by atoms with Crippen molar-refractivity contribution in [1.29, 1.82) is 0 Å². The number of aromatic amines is 1. The van der Waals surface area contributed by atoms with E-state index in [-0.39, 0.29) is 5.91 Å². The van der Waals surface area contributed by atoms with Crippen molar-refractivity contribution in [2.75, 3.05) is 43.5 Å². The van der Waals surface area contributed by atoms with E-state index in [1.165, 1.54) is 0 Å². The van der Waals surface area contributed by atoms with Crippen molar-refractivity contribution in [3.05, 3.63) is 72.9 Å². The number of fused-ring (bicyclic) bond motifs is 2. The predicted molar refractivity (Wildman–Crippen MR) is 140 cm³/mol. The van der Waals surface area contributed by atoms with E-state index in [0.717, 1.165) is 46.1 Å². The first-order chi connectivity index (χ1) is 17.7. The highest BCUT2D eigenvalue weighted by atomic mass is 16.5. The molecule has 1 aliphatic heterocycles. The van der Waals surface area contributed by atoms with Crippen LogP contribution in [0.4, 0.5) is 17.2 Å². The van der Waals surface area contributed by atoms with Gasteiger partial charge in [0.2, 0.25) is 5.91 Å². The molecule has 0 atom stereocenters. The average Bonchev–Trinajstić information content (AvgIpc) is 3.37. The van der Waals surface area contributed by atoms with Crippen LogP contribution in [0.5, 0.6) is 0 Å². The molecule has 5 aromatic rings. The molecule has 3 aromatic carbocycles. The molecule has 0 radical (unpaired) electrons. The van der Waals surface area contributed by atoms with E-state index in [1.54, 1.807) is 6.20 Å². The Morgan fingerprint density at radius 1 is 1.00 bits per heavy atom. The second-order valence-electron chi connectivity index (χ2n) is 8.69. The lowest BCUT2D eigenvalue weighted by Crippen LogP contribution is -2.41. The van der Waals surface area contributed by atoms with Crippen molar-refractivity contribution < 1.29 is 9.53 Å². The molecule has 36 heavy (non-hydrogen) atoms. The second kappa shape index (κ2) is 9.73. The molecule has 0 saturated carbocycles. The summed E-state index contributed by atoms with van der Waals surface area (Å²) in [6.45, 7) is 3.13. The van der Waals surface area contributed by atoms with Crippen molar-refractivity contribution >= 4 is 44.9 Å². The van der Waals surface area contributed by atoms with Crippen LogP contribution in [0.3, 0.4) is 0 Å². The summed E-state index contributed by atoms with van der Waals surface area (Å²) in [6.07, 6.45) is 1.79. The van der Waals surface area contributed by atoms with E-state index in [2.05, 4.69) is 25.7 Å². The van der Waals surface area contributed by atoms with Crippen molar-refractivity contribution in [3.8, 4) is 11.4 Å². The fourth-order valence-corrected chi connectivity index (χ4v) is 4.39. The topological polar surface area (TPSA) is 108 Å². The van der Waals surface area contributed by atoms with Crippen LogP contribution in [-0.2, 0) is 9.53 Å². The third-order valence-corrected chi connectivity index (χ3v) is 6.22. The molecule has 0 spiro atoms. The second-order valence-corrected chi connectivity index (χ2v) is 8.69. The van der Waals surface area contributed by atoms with Crippen LogP contribution in [0.1, 0.15) is 0 Å². The SMILES string of the molecule is O=C(CN1CCOCC1)Nc1ccccc1-c1nc(Nc2ccc3[nH]ncc3c2)c2ccccc2n1. The number of nitrogens with one attached hydrogen (secondary N) is 3. The predicted octanol–water partition coefficient (Wildman–Crippen LogP) is 4.19. The van der Waals surface area contributed by atoms with Crippen LogP contribution < -0.4 is 10.6 Å². The Hall–Kier alpha value is -4.34. The van der Waals surface area contributed by atoms with Gasteiger partial charge in [0.05, 0.1) is 42.7 Å². The molecule has 9 nitrogen and oxygen atoms in total. The van der Waals surface area contributed by atoms with Gasteiger partial charge in [0.25, 0.3) is 0 Å². The highest BCUT2D eigenvalue weighted by Crippen LogP contribution is 2.31. The fraction of sp³-hybridized carbons (Fsp3) is 0.185. The number of carbonyl (C=O) groups excluding carboxylic acids is 1. The molecule has 2 aromatic heterocycles. The summed E-state index contributed by atoms with van der Waals surface area (Å²) in [4.78, 5) is 24.6. The van der Waals surface area contributed by atoms with Gasteiger partial charge in [-0.15, -0.1) is 0 Å². The number of para-hydroxylation sites is 2.